The SMILES string of the molecule is Nc1cc(F)c(-c2nc3ncccc3o2)c(F)c1. The number of nitrogens with two attached hydrogens (primary N) is 1. The molecule has 0 atom stereocenters. The van der Waals surface area contributed by atoms with Crippen LogP contribution in [0, 0.1) is 11.6 Å². The number of nitrogens with zero attached hydrogens (tertiary/aromatic N) is 2. The lowest BCUT2D eigenvalue weighted by Gasteiger charge is -2.01. The lowest BCUT2D eigenvalue weighted by molar-refractivity contribution is 0.561. The van der Waals surface area contributed by atoms with Gasteiger partial charge in [-0.3, -0.25) is 0 Å². The van der Waals surface area contributed by atoms with E-state index in [-0.39, 0.29) is 17.1 Å². The lowest BCUT2D eigenvalue weighted by Crippen LogP contribution is -1.94. The van der Waals surface area contributed by atoms with Crippen molar-refractivity contribution in [2.75, 3.05) is 5.73 Å². The zero-order chi connectivity index (χ0) is 12.7. The van der Waals surface area contributed by atoms with Gasteiger partial charge >= 0.3 is 0 Å². The van der Waals surface area contributed by atoms with E-state index in [1.54, 1.807) is 12.1 Å². The first-order valence-corrected chi connectivity index (χ1v) is 5.11. The topological polar surface area (TPSA) is 64.9 Å². The van der Waals surface area contributed by atoms with Gasteiger partial charge in [-0.05, 0) is 24.3 Å². The summed E-state index contributed by atoms with van der Waals surface area (Å²) in [6.07, 6.45) is 1.52. The van der Waals surface area contributed by atoms with Crippen molar-refractivity contribution >= 4 is 16.9 Å². The Morgan fingerprint density at radius 3 is 2.56 bits per heavy atom. The summed E-state index contributed by atoms with van der Waals surface area (Å²) in [4.78, 5) is 7.87. The molecule has 3 aromatic rings. The molecule has 0 aliphatic rings. The molecule has 90 valence electrons. The van der Waals surface area contributed by atoms with Crippen molar-refractivity contribution < 1.29 is 13.2 Å². The van der Waals surface area contributed by atoms with E-state index in [9.17, 15) is 8.78 Å². The van der Waals surface area contributed by atoms with E-state index in [0.29, 0.717) is 11.2 Å². The predicted molar refractivity (Wildman–Crippen MR) is 61.6 cm³/mol. The van der Waals surface area contributed by atoms with E-state index >= 15 is 0 Å². The summed E-state index contributed by atoms with van der Waals surface area (Å²) in [5.41, 5.74) is 5.65. The molecule has 18 heavy (non-hydrogen) atoms. The Morgan fingerprint density at radius 1 is 1.17 bits per heavy atom. The molecule has 0 aliphatic heterocycles. The molecule has 2 heterocycles. The minimum atomic E-state index is -0.820. The highest BCUT2D eigenvalue weighted by molar-refractivity contribution is 5.72. The van der Waals surface area contributed by atoms with Crippen molar-refractivity contribution in [3.8, 4) is 11.5 Å². The van der Waals surface area contributed by atoms with Crippen molar-refractivity contribution in [1.82, 2.24) is 9.97 Å². The minimum Gasteiger partial charge on any atom is -0.434 e. The van der Waals surface area contributed by atoms with Gasteiger partial charge in [0.05, 0.1) is 0 Å². The summed E-state index contributed by atoms with van der Waals surface area (Å²) in [5.74, 6) is -1.79. The van der Waals surface area contributed by atoms with Crippen LogP contribution < -0.4 is 5.73 Å². The molecular weight excluding hydrogens is 240 g/mol. The van der Waals surface area contributed by atoms with Crippen LogP contribution in [0.25, 0.3) is 22.7 Å². The fraction of sp³-hybridized carbons (Fsp3) is 0. The van der Waals surface area contributed by atoms with Gasteiger partial charge in [0.15, 0.2) is 11.2 Å². The van der Waals surface area contributed by atoms with Crippen LogP contribution in [0.5, 0.6) is 0 Å². The summed E-state index contributed by atoms with van der Waals surface area (Å²) in [6.45, 7) is 0. The van der Waals surface area contributed by atoms with Crippen molar-refractivity contribution in [3.63, 3.8) is 0 Å². The second-order valence-electron chi connectivity index (χ2n) is 3.70. The second-order valence-corrected chi connectivity index (χ2v) is 3.70. The summed E-state index contributed by atoms with van der Waals surface area (Å²) in [7, 11) is 0. The fourth-order valence-corrected chi connectivity index (χ4v) is 1.67. The quantitative estimate of drug-likeness (QED) is 0.671. The third-order valence-corrected chi connectivity index (χ3v) is 2.44. The van der Waals surface area contributed by atoms with E-state index in [1.165, 1.54) is 6.20 Å². The molecule has 3 rings (SSSR count). The number of oxazole rings is 1. The van der Waals surface area contributed by atoms with E-state index in [1.807, 2.05) is 0 Å². The third-order valence-electron chi connectivity index (χ3n) is 2.44. The van der Waals surface area contributed by atoms with Gasteiger partial charge in [-0.15, -0.1) is 0 Å². The number of aromatic nitrogens is 2. The van der Waals surface area contributed by atoms with Crippen LogP contribution in [-0.2, 0) is 0 Å². The Kier molecular flexibility index (Phi) is 2.22. The average Bonchev–Trinajstić information content (AvgIpc) is 2.70. The number of anilines is 1. The molecule has 0 aliphatic carbocycles. The van der Waals surface area contributed by atoms with Gasteiger partial charge in [0, 0.05) is 11.9 Å². The Bertz CT molecular complexity index is 683. The van der Waals surface area contributed by atoms with E-state index < -0.39 is 11.6 Å². The fourth-order valence-electron chi connectivity index (χ4n) is 1.67. The Hall–Kier alpha value is -2.50. The summed E-state index contributed by atoms with van der Waals surface area (Å²) < 4.78 is 32.6. The number of hydrogen-bond donors (Lipinski definition) is 1. The van der Waals surface area contributed by atoms with Gasteiger partial charge in [0.1, 0.15) is 17.2 Å². The predicted octanol–water partition coefficient (Wildman–Crippen LogP) is 2.75. The van der Waals surface area contributed by atoms with Crippen LogP contribution in [0.2, 0.25) is 0 Å². The summed E-state index contributed by atoms with van der Waals surface area (Å²) in [6, 6.07) is 5.29. The van der Waals surface area contributed by atoms with Crippen molar-refractivity contribution in [3.05, 3.63) is 42.1 Å². The third kappa shape index (κ3) is 1.58. The van der Waals surface area contributed by atoms with Gasteiger partial charge in [-0.1, -0.05) is 0 Å². The molecule has 0 radical (unpaired) electrons. The molecule has 2 N–H and O–H groups in total. The number of halogens is 2. The van der Waals surface area contributed by atoms with E-state index in [2.05, 4.69) is 9.97 Å². The maximum Gasteiger partial charge on any atom is 0.234 e. The number of nitrogen functional groups attached to an aromatic ring is 1. The van der Waals surface area contributed by atoms with Crippen LogP contribution in [0.3, 0.4) is 0 Å². The molecule has 0 saturated heterocycles. The normalized spacial score (nSPS) is 11.0. The Balaban J connectivity index is 2.26. The molecule has 2 aromatic heterocycles. The number of hydrogen-bond acceptors (Lipinski definition) is 4. The molecule has 0 fully saturated rings. The molecule has 0 bridgehead atoms. The highest BCUT2D eigenvalue weighted by atomic mass is 19.1. The van der Waals surface area contributed by atoms with Gasteiger partial charge in [-0.2, -0.15) is 4.98 Å². The molecule has 1 aromatic carbocycles. The summed E-state index contributed by atoms with van der Waals surface area (Å²) >= 11 is 0. The van der Waals surface area contributed by atoms with Crippen LogP contribution in [0.1, 0.15) is 0 Å². The van der Waals surface area contributed by atoms with E-state index in [0.717, 1.165) is 12.1 Å². The van der Waals surface area contributed by atoms with Crippen LogP contribution >= 0.6 is 0 Å². The van der Waals surface area contributed by atoms with Gasteiger partial charge in [0.2, 0.25) is 5.89 Å². The van der Waals surface area contributed by atoms with Gasteiger partial charge < -0.3 is 10.2 Å². The monoisotopic (exact) mass is 247 g/mol. The van der Waals surface area contributed by atoms with Gasteiger partial charge in [0.25, 0.3) is 0 Å². The lowest BCUT2D eigenvalue weighted by atomic mass is 10.2. The average molecular weight is 247 g/mol. The Labute approximate surface area is 100 Å². The largest absolute Gasteiger partial charge is 0.434 e. The van der Waals surface area contributed by atoms with Gasteiger partial charge in [-0.25, -0.2) is 13.8 Å². The highest BCUT2D eigenvalue weighted by Gasteiger charge is 2.18. The number of benzene rings is 1. The van der Waals surface area contributed by atoms with Crippen LogP contribution in [0.4, 0.5) is 14.5 Å². The number of fused-ring (bicyclic) bond motifs is 1. The molecule has 0 spiro atoms. The maximum absolute atomic E-state index is 13.7. The molecule has 4 nitrogen and oxygen atoms in total. The molecule has 6 heteroatoms. The maximum atomic E-state index is 13.7. The van der Waals surface area contributed by atoms with Crippen LogP contribution in [-0.4, -0.2) is 9.97 Å². The van der Waals surface area contributed by atoms with Crippen molar-refractivity contribution in [1.29, 1.82) is 0 Å². The highest BCUT2D eigenvalue weighted by Crippen LogP contribution is 2.29. The Morgan fingerprint density at radius 2 is 1.89 bits per heavy atom. The first kappa shape index (κ1) is 10.6. The zero-order valence-corrected chi connectivity index (χ0v) is 9.02. The molecule has 0 amide bonds. The van der Waals surface area contributed by atoms with Crippen molar-refractivity contribution in [2.45, 2.75) is 0 Å². The summed E-state index contributed by atoms with van der Waals surface area (Å²) in [5, 5.41) is 0. The van der Waals surface area contributed by atoms with Crippen molar-refractivity contribution in [2.24, 2.45) is 0 Å². The second kappa shape index (κ2) is 3.76. The first-order chi connectivity index (χ1) is 8.65. The first-order valence-electron chi connectivity index (χ1n) is 5.11. The molecule has 0 saturated carbocycles. The number of pyridine rings is 1. The molecule has 0 unspecified atom stereocenters. The van der Waals surface area contributed by atoms with E-state index in [4.69, 9.17) is 10.2 Å². The van der Waals surface area contributed by atoms with Crippen LogP contribution in [0.15, 0.2) is 34.9 Å². The standard InChI is InChI=1S/C12H7F2N3O/c13-7-4-6(15)5-8(14)10(7)12-17-11-9(18-12)2-1-3-16-11/h1-5H,15H2. The minimum absolute atomic E-state index is 0.00276. The molecular formula is C12H7F2N3O. The number of rotatable bonds is 1. The smallest absolute Gasteiger partial charge is 0.234 e. The zero-order valence-electron chi connectivity index (χ0n) is 9.02.